The number of benzene rings is 1. The Hall–Kier alpha value is -4.00. The van der Waals surface area contributed by atoms with Crippen molar-refractivity contribution >= 4 is 17.4 Å². The standard InChI is InChI=1S/C28H29N3O4/c1-2-3-4-5-17-35-23-10-8-21(9-11-23)25-24(26(32)22-12-15-29-16-13-22)27(33)28(34)31(25)19-20-7-6-14-30-18-20/h6-16,18,25,32H,2-5,17,19H2,1H3. The lowest BCUT2D eigenvalue weighted by Crippen LogP contribution is -2.29. The number of aromatic nitrogens is 2. The maximum Gasteiger partial charge on any atom is 0.295 e. The number of hydrogen-bond donors (Lipinski definition) is 1. The van der Waals surface area contributed by atoms with Gasteiger partial charge >= 0.3 is 0 Å². The largest absolute Gasteiger partial charge is 0.507 e. The number of ketones is 1. The Bertz CT molecular complexity index is 1180. The zero-order chi connectivity index (χ0) is 24.6. The van der Waals surface area contributed by atoms with Crippen LogP contribution >= 0.6 is 0 Å². The first kappa shape index (κ1) is 24.1. The summed E-state index contributed by atoms with van der Waals surface area (Å²) in [6.07, 6.45) is 10.9. The number of aliphatic hydroxyl groups is 1. The number of carbonyl (C=O) groups excluding carboxylic acids is 2. The van der Waals surface area contributed by atoms with E-state index in [0.717, 1.165) is 24.2 Å². The molecule has 1 aromatic carbocycles. The molecule has 7 heteroatoms. The van der Waals surface area contributed by atoms with E-state index in [1.165, 1.54) is 30.1 Å². The predicted octanol–water partition coefficient (Wildman–Crippen LogP) is 5.06. The van der Waals surface area contributed by atoms with E-state index in [2.05, 4.69) is 16.9 Å². The highest BCUT2D eigenvalue weighted by atomic mass is 16.5. The average molecular weight is 472 g/mol. The molecule has 0 spiro atoms. The number of ether oxygens (including phenoxy) is 1. The molecule has 1 saturated heterocycles. The summed E-state index contributed by atoms with van der Waals surface area (Å²) in [4.78, 5) is 35.8. The molecule has 3 aromatic rings. The van der Waals surface area contributed by atoms with Crippen molar-refractivity contribution in [2.24, 2.45) is 0 Å². The van der Waals surface area contributed by atoms with Crippen molar-refractivity contribution in [2.75, 3.05) is 6.61 Å². The zero-order valence-electron chi connectivity index (χ0n) is 19.8. The van der Waals surface area contributed by atoms with E-state index in [-0.39, 0.29) is 17.9 Å². The Morgan fingerprint density at radius 2 is 1.74 bits per heavy atom. The van der Waals surface area contributed by atoms with Gasteiger partial charge in [0.1, 0.15) is 11.5 Å². The van der Waals surface area contributed by atoms with E-state index in [1.54, 1.807) is 30.6 Å². The monoisotopic (exact) mass is 471 g/mol. The van der Waals surface area contributed by atoms with Gasteiger partial charge in [0.2, 0.25) is 0 Å². The summed E-state index contributed by atoms with van der Waals surface area (Å²) < 4.78 is 5.85. The molecule has 3 heterocycles. The summed E-state index contributed by atoms with van der Waals surface area (Å²) in [6.45, 7) is 3.00. The van der Waals surface area contributed by atoms with Gasteiger partial charge in [0.25, 0.3) is 11.7 Å². The third-order valence-electron chi connectivity index (χ3n) is 6.03. The summed E-state index contributed by atoms with van der Waals surface area (Å²) in [5, 5.41) is 11.1. The van der Waals surface area contributed by atoms with E-state index in [0.29, 0.717) is 17.7 Å². The van der Waals surface area contributed by atoms with E-state index >= 15 is 0 Å². The second-order valence-corrected chi connectivity index (χ2v) is 8.50. The molecule has 180 valence electrons. The predicted molar refractivity (Wildman–Crippen MR) is 132 cm³/mol. The van der Waals surface area contributed by atoms with Crippen LogP contribution in [0.15, 0.2) is 78.9 Å². The summed E-state index contributed by atoms with van der Waals surface area (Å²) in [7, 11) is 0. The molecular formula is C28H29N3O4. The van der Waals surface area contributed by atoms with Crippen molar-refractivity contribution < 1.29 is 19.4 Å². The molecule has 0 aliphatic carbocycles. The van der Waals surface area contributed by atoms with Gasteiger partial charge in [-0.2, -0.15) is 0 Å². The van der Waals surface area contributed by atoms with Gasteiger partial charge in [0, 0.05) is 36.9 Å². The summed E-state index contributed by atoms with van der Waals surface area (Å²) in [5.41, 5.74) is 1.98. The molecule has 1 aliphatic rings. The first-order chi connectivity index (χ1) is 17.1. The van der Waals surface area contributed by atoms with E-state index in [4.69, 9.17) is 4.74 Å². The van der Waals surface area contributed by atoms with Crippen LogP contribution in [-0.2, 0) is 16.1 Å². The molecular weight excluding hydrogens is 442 g/mol. The van der Waals surface area contributed by atoms with Crippen LogP contribution in [0.5, 0.6) is 5.75 Å². The van der Waals surface area contributed by atoms with Gasteiger partial charge in [-0.3, -0.25) is 19.6 Å². The Morgan fingerprint density at radius 3 is 2.43 bits per heavy atom. The van der Waals surface area contributed by atoms with Crippen molar-refractivity contribution in [1.82, 2.24) is 14.9 Å². The van der Waals surface area contributed by atoms with Crippen LogP contribution in [0.2, 0.25) is 0 Å². The van der Waals surface area contributed by atoms with E-state index < -0.39 is 17.7 Å². The Kier molecular flexibility index (Phi) is 7.88. The number of hydrogen-bond acceptors (Lipinski definition) is 6. The number of unbranched alkanes of at least 4 members (excludes halogenated alkanes) is 3. The highest BCUT2D eigenvalue weighted by molar-refractivity contribution is 6.46. The fraction of sp³-hybridized carbons (Fsp3) is 0.286. The SMILES string of the molecule is CCCCCCOc1ccc(C2C(=C(O)c3ccncc3)C(=O)C(=O)N2Cc2cccnc2)cc1. The topological polar surface area (TPSA) is 92.6 Å². The van der Waals surface area contributed by atoms with Crippen LogP contribution in [0.25, 0.3) is 5.76 Å². The van der Waals surface area contributed by atoms with Crippen molar-refractivity contribution in [3.63, 3.8) is 0 Å². The lowest BCUT2D eigenvalue weighted by atomic mass is 9.95. The van der Waals surface area contributed by atoms with Gasteiger partial charge in [-0.25, -0.2) is 0 Å². The summed E-state index contributed by atoms with van der Waals surface area (Å²) in [6, 6.07) is 13.5. The number of rotatable bonds is 10. The summed E-state index contributed by atoms with van der Waals surface area (Å²) in [5.74, 6) is -0.876. The second kappa shape index (κ2) is 11.4. The smallest absolute Gasteiger partial charge is 0.295 e. The Morgan fingerprint density at radius 1 is 0.971 bits per heavy atom. The third kappa shape index (κ3) is 5.57. The normalized spacial score (nSPS) is 17.1. The van der Waals surface area contributed by atoms with Gasteiger partial charge in [0.05, 0.1) is 18.2 Å². The van der Waals surface area contributed by atoms with Crippen molar-refractivity contribution in [1.29, 1.82) is 0 Å². The van der Waals surface area contributed by atoms with Crippen LogP contribution in [0.4, 0.5) is 0 Å². The minimum Gasteiger partial charge on any atom is -0.507 e. The minimum absolute atomic E-state index is 0.0540. The molecule has 1 aliphatic heterocycles. The highest BCUT2D eigenvalue weighted by Gasteiger charge is 2.46. The molecule has 1 fully saturated rings. The zero-order valence-corrected chi connectivity index (χ0v) is 19.8. The molecule has 7 nitrogen and oxygen atoms in total. The fourth-order valence-corrected chi connectivity index (χ4v) is 4.21. The van der Waals surface area contributed by atoms with Gasteiger partial charge in [0.15, 0.2) is 0 Å². The maximum absolute atomic E-state index is 13.1. The molecule has 1 N–H and O–H groups in total. The second-order valence-electron chi connectivity index (χ2n) is 8.50. The van der Waals surface area contributed by atoms with Gasteiger partial charge in [-0.15, -0.1) is 0 Å². The minimum atomic E-state index is -0.748. The Balaban J connectivity index is 1.67. The number of likely N-dealkylation sites (tertiary alicyclic amines) is 1. The average Bonchev–Trinajstić information content (AvgIpc) is 3.14. The number of carbonyl (C=O) groups is 2. The van der Waals surface area contributed by atoms with Crippen LogP contribution in [0, 0.1) is 0 Å². The maximum atomic E-state index is 13.1. The quantitative estimate of drug-likeness (QED) is 0.192. The molecule has 0 radical (unpaired) electrons. The molecule has 2 aromatic heterocycles. The van der Waals surface area contributed by atoms with Crippen LogP contribution < -0.4 is 4.74 Å². The lowest BCUT2D eigenvalue weighted by molar-refractivity contribution is -0.140. The Labute approximate surface area is 205 Å². The highest BCUT2D eigenvalue weighted by Crippen LogP contribution is 2.40. The molecule has 4 rings (SSSR count). The van der Waals surface area contributed by atoms with Crippen molar-refractivity contribution in [3.05, 3.63) is 95.6 Å². The number of Topliss-reactive ketones (excluding diaryl/α,β-unsaturated/α-hetero) is 1. The fourth-order valence-electron chi connectivity index (χ4n) is 4.21. The first-order valence-corrected chi connectivity index (χ1v) is 11.9. The van der Waals surface area contributed by atoms with Crippen LogP contribution in [0.3, 0.4) is 0 Å². The van der Waals surface area contributed by atoms with E-state index in [1.807, 2.05) is 30.3 Å². The van der Waals surface area contributed by atoms with Gasteiger partial charge in [-0.1, -0.05) is 44.4 Å². The summed E-state index contributed by atoms with van der Waals surface area (Å²) >= 11 is 0. The number of pyridine rings is 2. The number of amides is 1. The molecule has 1 unspecified atom stereocenters. The molecule has 35 heavy (non-hydrogen) atoms. The van der Waals surface area contributed by atoms with E-state index in [9.17, 15) is 14.7 Å². The molecule has 0 saturated carbocycles. The van der Waals surface area contributed by atoms with Crippen molar-refractivity contribution in [2.45, 2.75) is 45.2 Å². The molecule has 1 atom stereocenters. The van der Waals surface area contributed by atoms with Crippen LogP contribution in [-0.4, -0.2) is 38.3 Å². The number of nitrogens with zero attached hydrogens (tertiary/aromatic N) is 3. The number of aliphatic hydroxyl groups excluding tert-OH is 1. The van der Waals surface area contributed by atoms with Gasteiger partial charge < -0.3 is 14.7 Å². The van der Waals surface area contributed by atoms with Gasteiger partial charge in [-0.05, 0) is 47.9 Å². The first-order valence-electron chi connectivity index (χ1n) is 11.9. The van der Waals surface area contributed by atoms with Crippen LogP contribution in [0.1, 0.15) is 55.3 Å². The lowest BCUT2D eigenvalue weighted by Gasteiger charge is -2.25. The molecule has 1 amide bonds. The molecule has 0 bridgehead atoms. The third-order valence-corrected chi connectivity index (χ3v) is 6.03. The van der Waals surface area contributed by atoms with Crippen molar-refractivity contribution in [3.8, 4) is 5.75 Å².